The van der Waals surface area contributed by atoms with Crippen LogP contribution >= 0.6 is 0 Å². The van der Waals surface area contributed by atoms with Gasteiger partial charge in [-0.2, -0.15) is 8.42 Å². The summed E-state index contributed by atoms with van der Waals surface area (Å²) in [6.07, 6.45) is 1.28. The standard InChI is InChI=1S/C12H15N3O3S/c1-8-4-5-10(11(6-8)18-3)15-19(16,17)12-7-13-9(2)14-12/h4-7,15H,1-3H3,(H,13,14). The van der Waals surface area contributed by atoms with Crippen molar-refractivity contribution in [3.8, 4) is 5.75 Å². The van der Waals surface area contributed by atoms with E-state index in [0.717, 1.165) is 5.56 Å². The first-order valence-corrected chi connectivity index (χ1v) is 7.10. The molecule has 0 radical (unpaired) electrons. The summed E-state index contributed by atoms with van der Waals surface area (Å²) in [6, 6.07) is 5.23. The Morgan fingerprint density at radius 3 is 2.63 bits per heavy atom. The largest absolute Gasteiger partial charge is 0.495 e. The summed E-state index contributed by atoms with van der Waals surface area (Å²) in [5, 5.41) is 0.0210. The number of aryl methyl sites for hydroxylation is 2. The lowest BCUT2D eigenvalue weighted by Crippen LogP contribution is -2.14. The molecule has 0 aliphatic carbocycles. The van der Waals surface area contributed by atoms with E-state index in [4.69, 9.17) is 4.74 Å². The van der Waals surface area contributed by atoms with Gasteiger partial charge in [0.1, 0.15) is 11.6 Å². The third kappa shape index (κ3) is 2.87. The molecule has 0 amide bonds. The van der Waals surface area contributed by atoms with Crippen molar-refractivity contribution in [3.63, 3.8) is 0 Å². The molecule has 2 N–H and O–H groups in total. The van der Waals surface area contributed by atoms with Crippen LogP contribution in [0.4, 0.5) is 5.69 Å². The van der Waals surface area contributed by atoms with Crippen LogP contribution in [0.5, 0.6) is 5.75 Å². The third-order valence-corrected chi connectivity index (χ3v) is 3.85. The van der Waals surface area contributed by atoms with E-state index in [1.165, 1.54) is 13.3 Å². The summed E-state index contributed by atoms with van der Waals surface area (Å²) >= 11 is 0. The van der Waals surface area contributed by atoms with E-state index in [9.17, 15) is 8.42 Å². The second-order valence-corrected chi connectivity index (χ2v) is 5.79. The number of sulfonamides is 1. The first kappa shape index (κ1) is 13.4. The minimum Gasteiger partial charge on any atom is -0.495 e. The molecule has 2 aromatic rings. The lowest BCUT2D eigenvalue weighted by atomic mass is 10.2. The zero-order valence-electron chi connectivity index (χ0n) is 10.9. The highest BCUT2D eigenvalue weighted by Crippen LogP contribution is 2.27. The van der Waals surface area contributed by atoms with Gasteiger partial charge in [-0.1, -0.05) is 6.07 Å². The predicted molar refractivity (Wildman–Crippen MR) is 71.9 cm³/mol. The van der Waals surface area contributed by atoms with Gasteiger partial charge in [0, 0.05) is 0 Å². The monoisotopic (exact) mass is 281 g/mol. The van der Waals surface area contributed by atoms with E-state index >= 15 is 0 Å². The Balaban J connectivity index is 2.35. The van der Waals surface area contributed by atoms with Crippen molar-refractivity contribution in [1.82, 2.24) is 9.97 Å². The van der Waals surface area contributed by atoms with Crippen LogP contribution in [0, 0.1) is 13.8 Å². The van der Waals surface area contributed by atoms with Gasteiger partial charge in [0.25, 0.3) is 10.0 Å². The predicted octanol–water partition coefficient (Wildman–Crippen LogP) is 1.84. The molecule has 0 spiro atoms. The van der Waals surface area contributed by atoms with E-state index in [1.807, 2.05) is 6.92 Å². The van der Waals surface area contributed by atoms with Crippen LogP contribution in [-0.4, -0.2) is 25.5 Å². The van der Waals surface area contributed by atoms with Crippen molar-refractivity contribution < 1.29 is 13.2 Å². The summed E-state index contributed by atoms with van der Waals surface area (Å²) in [6.45, 7) is 3.59. The number of rotatable bonds is 4. The molecule has 1 aromatic heterocycles. The average Bonchev–Trinajstić information content (AvgIpc) is 2.79. The van der Waals surface area contributed by atoms with Gasteiger partial charge in [-0.15, -0.1) is 0 Å². The van der Waals surface area contributed by atoms with Crippen LogP contribution in [0.1, 0.15) is 11.4 Å². The highest BCUT2D eigenvalue weighted by Gasteiger charge is 2.18. The molecule has 7 heteroatoms. The fraction of sp³-hybridized carbons (Fsp3) is 0.250. The number of H-pyrrole nitrogens is 1. The zero-order chi connectivity index (χ0) is 14.0. The minimum atomic E-state index is -3.69. The van der Waals surface area contributed by atoms with Crippen molar-refractivity contribution in [1.29, 1.82) is 0 Å². The quantitative estimate of drug-likeness (QED) is 0.895. The Bertz CT molecular complexity index is 692. The molecule has 0 atom stereocenters. The van der Waals surface area contributed by atoms with Gasteiger partial charge >= 0.3 is 0 Å². The first-order valence-electron chi connectivity index (χ1n) is 5.61. The fourth-order valence-corrected chi connectivity index (χ4v) is 2.66. The zero-order valence-corrected chi connectivity index (χ0v) is 11.7. The van der Waals surface area contributed by atoms with Crippen LogP contribution in [0.15, 0.2) is 29.4 Å². The number of ether oxygens (including phenoxy) is 1. The molecule has 0 aliphatic heterocycles. The second kappa shape index (κ2) is 4.93. The Morgan fingerprint density at radius 2 is 2.05 bits per heavy atom. The summed E-state index contributed by atoms with van der Waals surface area (Å²) in [5.74, 6) is 1.01. The van der Waals surface area contributed by atoms with Crippen LogP contribution in [0.2, 0.25) is 0 Å². The number of methoxy groups -OCH3 is 1. The van der Waals surface area contributed by atoms with E-state index in [1.54, 1.807) is 25.1 Å². The van der Waals surface area contributed by atoms with Gasteiger partial charge in [0.2, 0.25) is 0 Å². The normalized spacial score (nSPS) is 11.3. The highest BCUT2D eigenvalue weighted by molar-refractivity contribution is 7.92. The number of aromatic nitrogens is 2. The Morgan fingerprint density at radius 1 is 1.32 bits per heavy atom. The van der Waals surface area contributed by atoms with Crippen molar-refractivity contribution in [3.05, 3.63) is 35.8 Å². The molecule has 6 nitrogen and oxygen atoms in total. The van der Waals surface area contributed by atoms with Crippen molar-refractivity contribution >= 4 is 15.7 Å². The smallest absolute Gasteiger partial charge is 0.279 e. The average molecular weight is 281 g/mol. The molecule has 2 rings (SSSR count). The second-order valence-electron chi connectivity index (χ2n) is 4.14. The van der Waals surface area contributed by atoms with Crippen LogP contribution in [0.3, 0.4) is 0 Å². The Labute approximate surface area is 111 Å². The number of aromatic amines is 1. The molecular weight excluding hydrogens is 266 g/mol. The lowest BCUT2D eigenvalue weighted by molar-refractivity contribution is 0.416. The van der Waals surface area contributed by atoms with Crippen LogP contribution < -0.4 is 9.46 Å². The number of hydrogen-bond donors (Lipinski definition) is 2. The van der Waals surface area contributed by atoms with E-state index < -0.39 is 10.0 Å². The van der Waals surface area contributed by atoms with Gasteiger partial charge < -0.3 is 9.72 Å². The first-order chi connectivity index (χ1) is 8.92. The van der Waals surface area contributed by atoms with Crippen molar-refractivity contribution in [2.45, 2.75) is 18.9 Å². The van der Waals surface area contributed by atoms with Gasteiger partial charge in [-0.3, -0.25) is 4.72 Å². The summed E-state index contributed by atoms with van der Waals surface area (Å²) in [7, 11) is -2.19. The van der Waals surface area contributed by atoms with Gasteiger partial charge in [-0.05, 0) is 31.5 Å². The Hall–Kier alpha value is -2.02. The fourth-order valence-electron chi connectivity index (χ4n) is 1.62. The van der Waals surface area contributed by atoms with Crippen LogP contribution in [0.25, 0.3) is 0 Å². The maximum Gasteiger partial charge on any atom is 0.279 e. The SMILES string of the molecule is COc1cc(C)ccc1NS(=O)(=O)c1cnc(C)[nH]1. The maximum atomic E-state index is 12.1. The number of benzene rings is 1. The van der Waals surface area contributed by atoms with Gasteiger partial charge in [0.05, 0.1) is 19.0 Å². The molecule has 0 unspecified atom stereocenters. The number of nitrogens with one attached hydrogen (secondary N) is 2. The number of nitrogens with zero attached hydrogens (tertiary/aromatic N) is 1. The topological polar surface area (TPSA) is 84.1 Å². The Kier molecular flexibility index (Phi) is 3.48. The number of imidazole rings is 1. The molecule has 0 saturated heterocycles. The molecule has 1 aromatic carbocycles. The summed E-state index contributed by atoms with van der Waals surface area (Å²) < 4.78 is 31.9. The highest BCUT2D eigenvalue weighted by atomic mass is 32.2. The molecule has 0 aliphatic rings. The van der Waals surface area contributed by atoms with Gasteiger partial charge in [-0.25, -0.2) is 4.98 Å². The molecular formula is C12H15N3O3S. The molecule has 0 saturated carbocycles. The molecule has 19 heavy (non-hydrogen) atoms. The lowest BCUT2D eigenvalue weighted by Gasteiger charge is -2.11. The molecule has 0 bridgehead atoms. The van der Waals surface area contributed by atoms with E-state index in [0.29, 0.717) is 17.3 Å². The number of anilines is 1. The maximum absolute atomic E-state index is 12.1. The van der Waals surface area contributed by atoms with Gasteiger partial charge in [0.15, 0.2) is 5.03 Å². The van der Waals surface area contributed by atoms with Crippen molar-refractivity contribution in [2.24, 2.45) is 0 Å². The number of hydrogen-bond acceptors (Lipinski definition) is 4. The molecule has 0 fully saturated rings. The molecule has 102 valence electrons. The van der Waals surface area contributed by atoms with Crippen molar-refractivity contribution in [2.75, 3.05) is 11.8 Å². The van der Waals surface area contributed by atoms with E-state index in [-0.39, 0.29) is 5.03 Å². The minimum absolute atomic E-state index is 0.0210. The molecule has 1 heterocycles. The third-order valence-electron chi connectivity index (χ3n) is 2.57. The van der Waals surface area contributed by atoms with Crippen LogP contribution in [-0.2, 0) is 10.0 Å². The van der Waals surface area contributed by atoms with E-state index in [2.05, 4.69) is 14.7 Å². The summed E-state index contributed by atoms with van der Waals surface area (Å²) in [5.41, 5.74) is 1.37. The summed E-state index contributed by atoms with van der Waals surface area (Å²) in [4.78, 5) is 6.56.